The van der Waals surface area contributed by atoms with Gasteiger partial charge in [0, 0.05) is 35.3 Å². The lowest BCUT2D eigenvalue weighted by Crippen LogP contribution is -2.28. The van der Waals surface area contributed by atoms with Gasteiger partial charge in [-0.1, -0.05) is 11.6 Å². The molecule has 0 atom stereocenters. The Bertz CT molecular complexity index is 1070. The van der Waals surface area contributed by atoms with Crippen LogP contribution in [0.2, 0.25) is 5.02 Å². The second-order valence-electron chi connectivity index (χ2n) is 7.00. The fourth-order valence-corrected chi connectivity index (χ4v) is 3.68. The van der Waals surface area contributed by atoms with Crippen molar-refractivity contribution >= 4 is 40.0 Å². The zero-order valence-corrected chi connectivity index (χ0v) is 16.3. The number of rotatable bonds is 3. The molecule has 0 bridgehead atoms. The monoisotopic (exact) mass is 393 g/mol. The van der Waals surface area contributed by atoms with Crippen LogP contribution in [0.5, 0.6) is 0 Å². The zero-order valence-electron chi connectivity index (χ0n) is 15.5. The van der Waals surface area contributed by atoms with Gasteiger partial charge < -0.3 is 10.2 Å². The number of hydrogen-bond acceptors (Lipinski definition) is 3. The number of benzene rings is 2. The number of carbonyl (C=O) groups excluding carboxylic acids is 2. The van der Waals surface area contributed by atoms with E-state index in [2.05, 4.69) is 10.3 Å². The number of nitrogens with one attached hydrogen (secondary N) is 1. The summed E-state index contributed by atoms with van der Waals surface area (Å²) in [6.45, 7) is 3.45. The molecule has 6 heteroatoms. The highest BCUT2D eigenvalue weighted by Gasteiger charge is 2.23. The lowest BCUT2D eigenvalue weighted by atomic mass is 10.1. The highest BCUT2D eigenvalue weighted by atomic mass is 35.5. The lowest BCUT2D eigenvalue weighted by molar-refractivity contribution is 0.0794. The molecule has 1 aromatic heterocycles. The number of aromatic nitrogens is 1. The standard InChI is InChI=1S/C22H20ClN3O2/c1-14-8-9-24-19-6-4-15(12-17(14)19)21(27)25-20-7-5-16(23)13-18(20)22(28)26-10-2-3-11-26/h4-9,12-13H,2-3,10-11H2,1H3,(H,25,27). The average molecular weight is 394 g/mol. The van der Waals surface area contributed by atoms with Gasteiger partial charge in [-0.3, -0.25) is 14.6 Å². The SMILES string of the molecule is Cc1ccnc2ccc(C(=O)Nc3ccc(Cl)cc3C(=O)N3CCCC3)cc12. The number of anilines is 1. The summed E-state index contributed by atoms with van der Waals surface area (Å²) in [6.07, 6.45) is 3.75. The van der Waals surface area contributed by atoms with Crippen molar-refractivity contribution in [3.63, 3.8) is 0 Å². The van der Waals surface area contributed by atoms with Gasteiger partial charge in [0.1, 0.15) is 0 Å². The lowest BCUT2D eigenvalue weighted by Gasteiger charge is -2.18. The molecule has 1 aliphatic rings. The normalized spacial score (nSPS) is 13.7. The van der Waals surface area contributed by atoms with Crippen LogP contribution in [-0.4, -0.2) is 34.8 Å². The third kappa shape index (κ3) is 3.58. The van der Waals surface area contributed by atoms with Crippen LogP contribution in [0, 0.1) is 6.92 Å². The molecule has 1 aliphatic heterocycles. The van der Waals surface area contributed by atoms with E-state index in [-0.39, 0.29) is 11.8 Å². The van der Waals surface area contributed by atoms with Crippen LogP contribution >= 0.6 is 11.6 Å². The molecule has 4 rings (SSSR count). The first-order valence-electron chi connectivity index (χ1n) is 9.28. The summed E-state index contributed by atoms with van der Waals surface area (Å²) in [4.78, 5) is 31.8. The summed E-state index contributed by atoms with van der Waals surface area (Å²) in [6, 6.07) is 12.3. The molecule has 0 radical (unpaired) electrons. The molecule has 3 aromatic rings. The second-order valence-corrected chi connectivity index (χ2v) is 7.44. The largest absolute Gasteiger partial charge is 0.339 e. The average Bonchev–Trinajstić information content (AvgIpc) is 3.23. The van der Waals surface area contributed by atoms with Crippen molar-refractivity contribution in [1.29, 1.82) is 0 Å². The fraction of sp³-hybridized carbons (Fsp3) is 0.227. The Balaban J connectivity index is 1.64. The van der Waals surface area contributed by atoms with E-state index in [0.29, 0.717) is 21.8 Å². The Labute approximate surface area is 168 Å². The van der Waals surface area contributed by atoms with E-state index in [1.807, 2.05) is 25.1 Å². The van der Waals surface area contributed by atoms with Crippen LogP contribution in [0.4, 0.5) is 5.69 Å². The summed E-state index contributed by atoms with van der Waals surface area (Å²) in [5, 5.41) is 4.27. The third-order valence-corrected chi connectivity index (χ3v) is 5.31. The number of halogens is 1. The van der Waals surface area contributed by atoms with Gasteiger partial charge in [0.05, 0.1) is 16.8 Å². The first kappa shape index (κ1) is 18.4. The maximum Gasteiger partial charge on any atom is 0.256 e. The van der Waals surface area contributed by atoms with E-state index in [1.54, 1.807) is 35.4 Å². The molecule has 1 saturated heterocycles. The predicted octanol–water partition coefficient (Wildman–Crippen LogP) is 4.68. The summed E-state index contributed by atoms with van der Waals surface area (Å²) < 4.78 is 0. The van der Waals surface area contributed by atoms with Crippen molar-refractivity contribution in [3.05, 3.63) is 70.4 Å². The van der Waals surface area contributed by atoms with Gasteiger partial charge >= 0.3 is 0 Å². The van der Waals surface area contributed by atoms with Gasteiger partial charge in [-0.05, 0) is 67.8 Å². The Morgan fingerprint density at radius 2 is 1.86 bits per heavy atom. The molecule has 0 unspecified atom stereocenters. The van der Waals surface area contributed by atoms with Gasteiger partial charge in [-0.15, -0.1) is 0 Å². The molecule has 1 fully saturated rings. The first-order valence-corrected chi connectivity index (χ1v) is 9.66. The summed E-state index contributed by atoms with van der Waals surface area (Å²) >= 11 is 6.11. The molecule has 0 spiro atoms. The Kier molecular flexibility index (Phi) is 5.01. The molecule has 5 nitrogen and oxygen atoms in total. The van der Waals surface area contributed by atoms with Crippen molar-refractivity contribution in [3.8, 4) is 0 Å². The number of hydrogen-bond donors (Lipinski definition) is 1. The molecule has 142 valence electrons. The molecular weight excluding hydrogens is 374 g/mol. The van der Waals surface area contributed by atoms with Crippen LogP contribution in [-0.2, 0) is 0 Å². The van der Waals surface area contributed by atoms with Gasteiger partial charge in [-0.2, -0.15) is 0 Å². The fourth-order valence-electron chi connectivity index (χ4n) is 3.51. The highest BCUT2D eigenvalue weighted by molar-refractivity contribution is 6.31. The van der Waals surface area contributed by atoms with Crippen molar-refractivity contribution < 1.29 is 9.59 Å². The second kappa shape index (κ2) is 7.60. The molecule has 28 heavy (non-hydrogen) atoms. The molecule has 2 heterocycles. The van der Waals surface area contributed by atoms with E-state index in [4.69, 9.17) is 11.6 Å². The molecule has 0 saturated carbocycles. The number of pyridine rings is 1. The van der Waals surface area contributed by atoms with Crippen molar-refractivity contribution in [2.24, 2.45) is 0 Å². The van der Waals surface area contributed by atoms with E-state index < -0.39 is 0 Å². The van der Waals surface area contributed by atoms with E-state index in [9.17, 15) is 9.59 Å². The van der Waals surface area contributed by atoms with Crippen LogP contribution in [0.1, 0.15) is 39.1 Å². The number of fused-ring (bicyclic) bond motifs is 1. The predicted molar refractivity (Wildman–Crippen MR) is 111 cm³/mol. The Hall–Kier alpha value is -2.92. The van der Waals surface area contributed by atoms with Crippen molar-refractivity contribution in [2.45, 2.75) is 19.8 Å². The maximum absolute atomic E-state index is 12.9. The molecule has 2 aromatic carbocycles. The number of nitrogens with zero attached hydrogens (tertiary/aromatic N) is 2. The number of carbonyl (C=O) groups is 2. The highest BCUT2D eigenvalue weighted by Crippen LogP contribution is 2.25. The van der Waals surface area contributed by atoms with E-state index in [1.165, 1.54) is 0 Å². The first-order chi connectivity index (χ1) is 13.5. The number of aryl methyl sites for hydroxylation is 1. The van der Waals surface area contributed by atoms with Gasteiger partial charge in [0.25, 0.3) is 11.8 Å². The molecule has 0 aliphatic carbocycles. The van der Waals surface area contributed by atoms with Crippen LogP contribution < -0.4 is 5.32 Å². The van der Waals surface area contributed by atoms with Crippen LogP contribution in [0.25, 0.3) is 10.9 Å². The minimum absolute atomic E-state index is 0.103. The van der Waals surface area contributed by atoms with E-state index >= 15 is 0 Å². The van der Waals surface area contributed by atoms with Crippen molar-refractivity contribution in [1.82, 2.24) is 9.88 Å². The molecule has 2 amide bonds. The van der Waals surface area contributed by atoms with Gasteiger partial charge in [0.2, 0.25) is 0 Å². The van der Waals surface area contributed by atoms with Crippen LogP contribution in [0.3, 0.4) is 0 Å². The van der Waals surface area contributed by atoms with E-state index in [0.717, 1.165) is 42.4 Å². The molecular formula is C22H20ClN3O2. The zero-order chi connectivity index (χ0) is 19.7. The number of likely N-dealkylation sites (tertiary alicyclic amines) is 1. The number of amides is 2. The Morgan fingerprint density at radius 3 is 2.64 bits per heavy atom. The summed E-state index contributed by atoms with van der Waals surface area (Å²) in [5.41, 5.74) is 3.29. The minimum Gasteiger partial charge on any atom is -0.339 e. The van der Waals surface area contributed by atoms with Gasteiger partial charge in [-0.25, -0.2) is 0 Å². The molecule has 1 N–H and O–H groups in total. The topological polar surface area (TPSA) is 62.3 Å². The minimum atomic E-state index is -0.275. The third-order valence-electron chi connectivity index (χ3n) is 5.08. The Morgan fingerprint density at radius 1 is 1.07 bits per heavy atom. The summed E-state index contributed by atoms with van der Waals surface area (Å²) in [5.74, 6) is -0.378. The smallest absolute Gasteiger partial charge is 0.256 e. The quantitative estimate of drug-likeness (QED) is 0.702. The van der Waals surface area contributed by atoms with Gasteiger partial charge in [0.15, 0.2) is 0 Å². The summed E-state index contributed by atoms with van der Waals surface area (Å²) in [7, 11) is 0. The maximum atomic E-state index is 12.9. The van der Waals surface area contributed by atoms with Crippen LogP contribution in [0.15, 0.2) is 48.7 Å². The van der Waals surface area contributed by atoms with Crippen molar-refractivity contribution in [2.75, 3.05) is 18.4 Å².